The zero-order valence-corrected chi connectivity index (χ0v) is 14.5. The first-order valence-electron chi connectivity index (χ1n) is 7.80. The van der Waals surface area contributed by atoms with Gasteiger partial charge in [0, 0.05) is 0 Å². The number of carbonyl (C=O) groups excluding carboxylic acids is 1. The summed E-state index contributed by atoms with van der Waals surface area (Å²) in [7, 11) is 0. The van der Waals surface area contributed by atoms with Crippen LogP contribution in [0.5, 0.6) is 0 Å². The summed E-state index contributed by atoms with van der Waals surface area (Å²) in [5.74, 6) is 0.663. The molecule has 0 bridgehead atoms. The fourth-order valence-corrected chi connectivity index (χ4v) is 2.51. The number of ether oxygens (including phenoxy) is 1. The predicted octanol–water partition coefficient (Wildman–Crippen LogP) is 3.03. The lowest BCUT2D eigenvalue weighted by Gasteiger charge is -2.10. The third-order valence-corrected chi connectivity index (χ3v) is 3.61. The van der Waals surface area contributed by atoms with E-state index in [0.717, 1.165) is 0 Å². The summed E-state index contributed by atoms with van der Waals surface area (Å²) >= 11 is 0. The Kier molecular flexibility index (Phi) is 5.63. The molecule has 1 aromatic rings. The summed E-state index contributed by atoms with van der Waals surface area (Å²) < 4.78 is 4.76. The maximum absolute atomic E-state index is 11.4. The first-order valence-corrected chi connectivity index (χ1v) is 7.80. The number of aryl methyl sites for hydroxylation is 3. The molecule has 6 nitrogen and oxygen atoms in total. The zero-order chi connectivity index (χ0) is 17.7. The van der Waals surface area contributed by atoms with Gasteiger partial charge in [-0.15, -0.1) is 0 Å². The van der Waals surface area contributed by atoms with Gasteiger partial charge in [0.2, 0.25) is 0 Å². The average molecular weight is 326 g/mol. The largest absolute Gasteiger partial charge is 0.448 e. The number of nitrogens with zero attached hydrogens (tertiary/aromatic N) is 3. The van der Waals surface area contributed by atoms with Gasteiger partial charge in [-0.1, -0.05) is 17.7 Å². The van der Waals surface area contributed by atoms with E-state index in [1.807, 2.05) is 0 Å². The van der Waals surface area contributed by atoms with Gasteiger partial charge in [-0.25, -0.2) is 9.79 Å². The van der Waals surface area contributed by atoms with Gasteiger partial charge in [0.05, 0.1) is 13.2 Å². The fraction of sp³-hybridized carbons (Fsp3) is 0.333. The van der Waals surface area contributed by atoms with Crippen molar-refractivity contribution in [1.82, 2.24) is 0 Å². The van der Waals surface area contributed by atoms with Crippen LogP contribution in [0.3, 0.4) is 0 Å². The number of hydrogen-bond donors (Lipinski definition) is 1. The molecule has 1 amide bonds. The molecule has 0 aromatic heterocycles. The topological polar surface area (TPSA) is 89.4 Å². The van der Waals surface area contributed by atoms with Crippen LogP contribution in [0.15, 0.2) is 39.3 Å². The van der Waals surface area contributed by atoms with Crippen LogP contribution in [0.1, 0.15) is 29.2 Å². The number of amidine groups is 2. The van der Waals surface area contributed by atoms with Crippen LogP contribution in [0.2, 0.25) is 0 Å². The van der Waals surface area contributed by atoms with E-state index in [2.05, 4.69) is 47.9 Å². The third kappa shape index (κ3) is 4.38. The zero-order valence-electron chi connectivity index (χ0n) is 14.5. The highest BCUT2D eigenvalue weighted by molar-refractivity contribution is 6.49. The molecule has 24 heavy (non-hydrogen) atoms. The van der Waals surface area contributed by atoms with Gasteiger partial charge in [0.25, 0.3) is 0 Å². The number of benzene rings is 1. The van der Waals surface area contributed by atoms with Gasteiger partial charge < -0.3 is 10.5 Å². The van der Waals surface area contributed by atoms with Gasteiger partial charge in [0.1, 0.15) is 11.5 Å². The van der Waals surface area contributed by atoms with Gasteiger partial charge in [-0.2, -0.15) is 4.99 Å². The predicted molar refractivity (Wildman–Crippen MR) is 97.0 cm³/mol. The Hall–Kier alpha value is -2.76. The maximum Gasteiger partial charge on any atom is 0.434 e. The van der Waals surface area contributed by atoms with Crippen molar-refractivity contribution in [2.45, 2.75) is 34.2 Å². The van der Waals surface area contributed by atoms with E-state index in [-0.39, 0.29) is 18.2 Å². The molecule has 0 fully saturated rings. The first-order chi connectivity index (χ1) is 11.4. The number of carbonyl (C=O) groups is 1. The summed E-state index contributed by atoms with van der Waals surface area (Å²) in [5.41, 5.74) is 11.0. The normalized spacial score (nSPS) is 17.2. The molecule has 1 aromatic carbocycles. The molecule has 2 N–H and O–H groups in total. The second kappa shape index (κ2) is 7.68. The minimum Gasteiger partial charge on any atom is -0.448 e. The molecule has 0 saturated heterocycles. The quantitative estimate of drug-likeness (QED) is 0.925. The molecule has 0 radical (unpaired) electrons. The van der Waals surface area contributed by atoms with Crippen molar-refractivity contribution in [2.75, 3.05) is 6.61 Å². The van der Waals surface area contributed by atoms with Crippen LogP contribution in [0.25, 0.3) is 0 Å². The number of dihydropyridines is 1. The van der Waals surface area contributed by atoms with Crippen molar-refractivity contribution in [3.8, 4) is 0 Å². The Morgan fingerprint density at radius 2 is 1.88 bits per heavy atom. The molecular formula is C18H22N4O2. The summed E-state index contributed by atoms with van der Waals surface area (Å²) in [6, 6.07) is 4.28. The monoisotopic (exact) mass is 326 g/mol. The smallest absolute Gasteiger partial charge is 0.434 e. The molecule has 126 valence electrons. The second-order valence-corrected chi connectivity index (χ2v) is 5.58. The summed E-state index contributed by atoms with van der Waals surface area (Å²) in [5, 5.41) is 0. The van der Waals surface area contributed by atoms with E-state index in [9.17, 15) is 4.79 Å². The van der Waals surface area contributed by atoms with Crippen molar-refractivity contribution in [3.63, 3.8) is 0 Å². The van der Waals surface area contributed by atoms with Crippen molar-refractivity contribution in [2.24, 2.45) is 20.7 Å². The average Bonchev–Trinajstić information content (AvgIpc) is 2.49. The van der Waals surface area contributed by atoms with Crippen LogP contribution in [-0.4, -0.2) is 30.1 Å². The highest BCUT2D eigenvalue weighted by Crippen LogP contribution is 2.17. The maximum atomic E-state index is 11.4. The van der Waals surface area contributed by atoms with E-state index in [1.54, 1.807) is 19.1 Å². The number of amides is 1. The van der Waals surface area contributed by atoms with Crippen LogP contribution in [0, 0.1) is 20.8 Å². The highest BCUT2D eigenvalue weighted by Gasteiger charge is 2.12. The number of hydrogen-bond acceptors (Lipinski definition) is 4. The van der Waals surface area contributed by atoms with Crippen LogP contribution < -0.4 is 5.73 Å². The molecule has 1 aliphatic rings. The van der Waals surface area contributed by atoms with Crippen molar-refractivity contribution >= 4 is 23.5 Å². The first kappa shape index (κ1) is 17.6. The lowest BCUT2D eigenvalue weighted by molar-refractivity contribution is 0.163. The van der Waals surface area contributed by atoms with E-state index >= 15 is 0 Å². The Balaban J connectivity index is 2.16. The molecule has 0 unspecified atom stereocenters. The second-order valence-electron chi connectivity index (χ2n) is 5.58. The van der Waals surface area contributed by atoms with Crippen molar-refractivity contribution in [1.29, 1.82) is 0 Å². The fourth-order valence-electron chi connectivity index (χ4n) is 2.51. The van der Waals surface area contributed by atoms with E-state index in [4.69, 9.17) is 10.5 Å². The Morgan fingerprint density at radius 1 is 1.21 bits per heavy atom. The molecule has 0 spiro atoms. The third-order valence-electron chi connectivity index (χ3n) is 3.61. The van der Waals surface area contributed by atoms with E-state index in [1.165, 1.54) is 22.3 Å². The van der Waals surface area contributed by atoms with Crippen LogP contribution in [-0.2, 0) is 11.3 Å². The van der Waals surface area contributed by atoms with Gasteiger partial charge in [-0.3, -0.25) is 4.99 Å². The minimum atomic E-state index is -0.679. The SMILES string of the molecule is CCOC(=O)/N=C1\C=CC(=NCc2c(C)cc(C)cc2C)N=C1N. The Morgan fingerprint density at radius 3 is 2.46 bits per heavy atom. The Bertz CT molecular complexity index is 750. The van der Waals surface area contributed by atoms with E-state index < -0.39 is 6.09 Å². The standard InChI is InChI=1S/C18H22N4O2/c1-5-24-18(23)21-15-6-7-16(22-17(15)19)20-10-14-12(3)8-11(2)9-13(14)4/h6-9H,5,10H2,1-4H3,(H2,19,20,22)/b21-15+. The van der Waals surface area contributed by atoms with Crippen LogP contribution in [0.4, 0.5) is 4.79 Å². The molecular weight excluding hydrogens is 304 g/mol. The molecule has 2 rings (SSSR count). The van der Waals surface area contributed by atoms with Crippen molar-refractivity contribution < 1.29 is 9.53 Å². The molecule has 1 aliphatic heterocycles. The number of nitrogens with two attached hydrogens (primary N) is 1. The van der Waals surface area contributed by atoms with Crippen molar-refractivity contribution in [3.05, 3.63) is 46.5 Å². The number of rotatable bonds is 3. The van der Waals surface area contributed by atoms with Gasteiger partial charge in [0.15, 0.2) is 5.84 Å². The lowest BCUT2D eigenvalue weighted by atomic mass is 10.00. The number of aliphatic imine (C=N–C) groups is 3. The molecule has 1 heterocycles. The Labute approximate surface area is 141 Å². The molecule has 6 heteroatoms. The summed E-state index contributed by atoms with van der Waals surface area (Å²) in [6.07, 6.45) is 2.63. The molecule has 0 aliphatic carbocycles. The minimum absolute atomic E-state index is 0.154. The molecule has 0 saturated carbocycles. The highest BCUT2D eigenvalue weighted by atomic mass is 16.5. The van der Waals surface area contributed by atoms with Gasteiger partial charge >= 0.3 is 6.09 Å². The van der Waals surface area contributed by atoms with Gasteiger partial charge in [-0.05, 0) is 56.5 Å². The van der Waals surface area contributed by atoms with E-state index in [0.29, 0.717) is 12.4 Å². The summed E-state index contributed by atoms with van der Waals surface area (Å²) in [4.78, 5) is 23.8. The molecule has 0 atom stereocenters. The summed E-state index contributed by atoms with van der Waals surface area (Å²) in [6.45, 7) is 8.74. The van der Waals surface area contributed by atoms with Crippen LogP contribution >= 0.6 is 0 Å². The lowest BCUT2D eigenvalue weighted by Crippen LogP contribution is -2.27.